The minimum atomic E-state index is -0.354. The molecule has 1 fully saturated rings. The lowest BCUT2D eigenvalue weighted by Gasteiger charge is -2.34. The molecule has 0 amide bonds. The minimum Gasteiger partial charge on any atom is -0.491 e. The van der Waals surface area contributed by atoms with Crippen LogP contribution >= 0.6 is 0 Å². The van der Waals surface area contributed by atoms with E-state index in [1.165, 1.54) is 0 Å². The Kier molecular flexibility index (Phi) is 3.96. The smallest absolute Gasteiger partial charge is 0.231 e. The second kappa shape index (κ2) is 6.46. The molecule has 3 aliphatic heterocycles. The fourth-order valence-electron chi connectivity index (χ4n) is 3.89. The van der Waals surface area contributed by atoms with Crippen molar-refractivity contribution in [2.45, 2.75) is 24.7 Å². The molecule has 0 unspecified atom stereocenters. The van der Waals surface area contributed by atoms with Crippen molar-refractivity contribution in [3.63, 3.8) is 0 Å². The Bertz CT molecular complexity index is 818. The monoisotopic (exact) mass is 355 g/mol. The summed E-state index contributed by atoms with van der Waals surface area (Å²) >= 11 is 0. The lowest BCUT2D eigenvalue weighted by atomic mass is 9.81. The number of ether oxygens (including phenoxy) is 5. The van der Waals surface area contributed by atoms with Gasteiger partial charge in [-0.1, -0.05) is 24.3 Å². The van der Waals surface area contributed by atoms with Gasteiger partial charge < -0.3 is 29.4 Å². The fraction of sp³-hybridized carbons (Fsp3) is 0.400. The Morgan fingerprint density at radius 3 is 2.35 bits per heavy atom. The standard InChI is InChI=1S/C20H21NO5/c21-15-10-24-16-9-18-17(25-11-26-18)8-14(16)19(15)12-4-1-2-5-13(12)20-22-6-3-7-23-20/h1-2,4-5,8-9,15,19-20H,3,6-7,10-11,21H2/t15-,19+/m1/s1. The van der Waals surface area contributed by atoms with Crippen LogP contribution in [0, 0.1) is 0 Å². The van der Waals surface area contributed by atoms with E-state index in [-0.39, 0.29) is 25.0 Å². The molecular formula is C20H21NO5. The molecule has 6 nitrogen and oxygen atoms in total. The van der Waals surface area contributed by atoms with E-state index in [2.05, 4.69) is 12.1 Å². The molecule has 0 radical (unpaired) electrons. The Hall–Kier alpha value is -2.28. The van der Waals surface area contributed by atoms with Crippen LogP contribution in [0.1, 0.15) is 35.3 Å². The highest BCUT2D eigenvalue weighted by Gasteiger charge is 2.35. The van der Waals surface area contributed by atoms with Crippen molar-refractivity contribution in [2.75, 3.05) is 26.6 Å². The van der Waals surface area contributed by atoms with E-state index in [1.807, 2.05) is 24.3 Å². The van der Waals surface area contributed by atoms with Crippen LogP contribution in [0.4, 0.5) is 0 Å². The summed E-state index contributed by atoms with van der Waals surface area (Å²) in [5, 5.41) is 0. The van der Waals surface area contributed by atoms with E-state index in [9.17, 15) is 0 Å². The first-order chi connectivity index (χ1) is 12.8. The van der Waals surface area contributed by atoms with Crippen molar-refractivity contribution < 1.29 is 23.7 Å². The number of hydrogen-bond acceptors (Lipinski definition) is 6. The van der Waals surface area contributed by atoms with Crippen molar-refractivity contribution in [3.8, 4) is 17.2 Å². The van der Waals surface area contributed by atoms with Gasteiger partial charge >= 0.3 is 0 Å². The molecule has 2 aromatic carbocycles. The molecule has 0 spiro atoms. The van der Waals surface area contributed by atoms with Crippen LogP contribution in [0.15, 0.2) is 36.4 Å². The third-order valence-corrected chi connectivity index (χ3v) is 5.11. The van der Waals surface area contributed by atoms with E-state index < -0.39 is 0 Å². The van der Waals surface area contributed by atoms with E-state index in [4.69, 9.17) is 29.4 Å². The first-order valence-corrected chi connectivity index (χ1v) is 8.95. The topological polar surface area (TPSA) is 72.2 Å². The quantitative estimate of drug-likeness (QED) is 0.893. The number of benzene rings is 2. The van der Waals surface area contributed by atoms with Crippen LogP contribution in [0.5, 0.6) is 17.2 Å². The normalized spacial score (nSPS) is 24.8. The van der Waals surface area contributed by atoms with Crippen molar-refractivity contribution in [1.82, 2.24) is 0 Å². The van der Waals surface area contributed by atoms with E-state index in [0.29, 0.717) is 25.6 Å². The molecule has 0 aromatic heterocycles. The molecule has 0 saturated carbocycles. The average Bonchev–Trinajstić information content (AvgIpc) is 3.14. The second-order valence-electron chi connectivity index (χ2n) is 6.75. The van der Waals surface area contributed by atoms with E-state index in [1.54, 1.807) is 0 Å². The van der Waals surface area contributed by atoms with Gasteiger partial charge in [-0.15, -0.1) is 0 Å². The summed E-state index contributed by atoms with van der Waals surface area (Å²) in [5.41, 5.74) is 9.63. The molecule has 136 valence electrons. The molecule has 6 heteroatoms. The van der Waals surface area contributed by atoms with Crippen LogP contribution < -0.4 is 19.9 Å². The molecule has 1 saturated heterocycles. The van der Waals surface area contributed by atoms with Crippen LogP contribution in [-0.2, 0) is 9.47 Å². The van der Waals surface area contributed by atoms with Crippen LogP contribution in [0.2, 0.25) is 0 Å². The lowest BCUT2D eigenvalue weighted by molar-refractivity contribution is -0.183. The van der Waals surface area contributed by atoms with Gasteiger partial charge in [-0.05, 0) is 18.1 Å². The molecule has 2 atom stereocenters. The maximum Gasteiger partial charge on any atom is 0.231 e. The maximum absolute atomic E-state index is 6.49. The van der Waals surface area contributed by atoms with Crippen LogP contribution in [0.3, 0.4) is 0 Å². The van der Waals surface area contributed by atoms with Gasteiger partial charge in [-0.2, -0.15) is 0 Å². The summed E-state index contributed by atoms with van der Waals surface area (Å²) in [6, 6.07) is 11.9. The Morgan fingerprint density at radius 2 is 1.54 bits per heavy atom. The first-order valence-electron chi connectivity index (χ1n) is 8.95. The highest BCUT2D eigenvalue weighted by atomic mass is 16.7. The zero-order chi connectivity index (χ0) is 17.5. The summed E-state index contributed by atoms with van der Waals surface area (Å²) < 4.78 is 28.6. The second-order valence-corrected chi connectivity index (χ2v) is 6.75. The molecule has 5 rings (SSSR count). The first kappa shape index (κ1) is 15.9. The molecule has 0 aliphatic carbocycles. The number of fused-ring (bicyclic) bond motifs is 2. The summed E-state index contributed by atoms with van der Waals surface area (Å²) in [5.74, 6) is 2.21. The SMILES string of the molecule is N[C@@H]1COc2cc3c(cc2[C@@H]1c1ccccc1C1OCCCO1)OCO3. The number of hydrogen-bond donors (Lipinski definition) is 1. The minimum absolute atomic E-state index is 0.0291. The summed E-state index contributed by atoms with van der Waals surface area (Å²) in [7, 11) is 0. The zero-order valence-electron chi connectivity index (χ0n) is 14.4. The highest BCUT2D eigenvalue weighted by Crippen LogP contribution is 2.46. The summed E-state index contributed by atoms with van der Waals surface area (Å²) in [4.78, 5) is 0. The summed E-state index contributed by atoms with van der Waals surface area (Å²) in [6.07, 6.45) is 0.564. The van der Waals surface area contributed by atoms with Gasteiger partial charge in [-0.3, -0.25) is 0 Å². The third kappa shape index (κ3) is 2.61. The van der Waals surface area contributed by atoms with Gasteiger partial charge in [0, 0.05) is 29.2 Å². The van der Waals surface area contributed by atoms with Gasteiger partial charge in [0.1, 0.15) is 12.4 Å². The Morgan fingerprint density at radius 1 is 0.808 bits per heavy atom. The largest absolute Gasteiger partial charge is 0.491 e. The van der Waals surface area contributed by atoms with E-state index >= 15 is 0 Å². The van der Waals surface area contributed by atoms with Gasteiger partial charge in [0.2, 0.25) is 6.79 Å². The summed E-state index contributed by atoms with van der Waals surface area (Å²) in [6.45, 7) is 2.08. The molecule has 2 N–H and O–H groups in total. The van der Waals surface area contributed by atoms with Crippen molar-refractivity contribution in [2.24, 2.45) is 5.73 Å². The van der Waals surface area contributed by atoms with E-state index in [0.717, 1.165) is 34.6 Å². The molecular weight excluding hydrogens is 334 g/mol. The maximum atomic E-state index is 6.49. The molecule has 3 aliphatic rings. The fourth-order valence-corrected chi connectivity index (χ4v) is 3.89. The Labute approximate surface area is 151 Å². The molecule has 3 heterocycles. The van der Waals surface area contributed by atoms with Crippen molar-refractivity contribution in [3.05, 3.63) is 53.1 Å². The van der Waals surface area contributed by atoms with Crippen molar-refractivity contribution in [1.29, 1.82) is 0 Å². The van der Waals surface area contributed by atoms with Gasteiger partial charge in [0.05, 0.1) is 13.2 Å². The number of rotatable bonds is 2. The molecule has 2 aromatic rings. The Balaban J connectivity index is 1.61. The van der Waals surface area contributed by atoms with Gasteiger partial charge in [0.15, 0.2) is 17.8 Å². The van der Waals surface area contributed by atoms with Crippen LogP contribution in [0.25, 0.3) is 0 Å². The van der Waals surface area contributed by atoms with Crippen LogP contribution in [-0.4, -0.2) is 32.7 Å². The number of nitrogens with two attached hydrogens (primary N) is 1. The third-order valence-electron chi connectivity index (χ3n) is 5.11. The van der Waals surface area contributed by atoms with Crippen molar-refractivity contribution >= 4 is 0 Å². The lowest BCUT2D eigenvalue weighted by Crippen LogP contribution is -2.39. The highest BCUT2D eigenvalue weighted by molar-refractivity contribution is 5.57. The van der Waals surface area contributed by atoms with Gasteiger partial charge in [0.25, 0.3) is 0 Å². The predicted octanol–water partition coefficient (Wildman–Crippen LogP) is 2.70. The average molecular weight is 355 g/mol. The molecule has 0 bridgehead atoms. The zero-order valence-corrected chi connectivity index (χ0v) is 14.4. The predicted molar refractivity (Wildman–Crippen MR) is 93.6 cm³/mol. The molecule has 26 heavy (non-hydrogen) atoms. The van der Waals surface area contributed by atoms with Gasteiger partial charge in [-0.25, -0.2) is 0 Å².